The van der Waals surface area contributed by atoms with E-state index < -0.39 is 18.8 Å². The predicted octanol–water partition coefficient (Wildman–Crippen LogP) is 1.22. The van der Waals surface area contributed by atoms with Crippen molar-refractivity contribution in [2.75, 3.05) is 0 Å². The first-order chi connectivity index (χ1) is 9.06. The van der Waals surface area contributed by atoms with E-state index in [0.29, 0.717) is 16.8 Å². The average molecular weight is 264 g/mol. The highest BCUT2D eigenvalue weighted by atomic mass is 19.2. The first-order valence-electron chi connectivity index (χ1n) is 5.59. The molecule has 2 N–H and O–H groups in total. The van der Waals surface area contributed by atoms with Gasteiger partial charge in [0.1, 0.15) is 12.4 Å². The summed E-state index contributed by atoms with van der Waals surface area (Å²) in [6, 6.07) is 9.74. The summed E-state index contributed by atoms with van der Waals surface area (Å²) >= 11 is 0. The van der Waals surface area contributed by atoms with Crippen LogP contribution in [-0.4, -0.2) is 17.2 Å². The second-order valence-electron chi connectivity index (χ2n) is 3.98. The molecule has 0 aromatic heterocycles. The summed E-state index contributed by atoms with van der Waals surface area (Å²) < 4.78 is 31.1. The summed E-state index contributed by atoms with van der Waals surface area (Å²) in [4.78, 5) is 0. The topological polar surface area (TPSA) is 49.7 Å². The first-order valence-corrected chi connectivity index (χ1v) is 5.59. The molecule has 6 heteroatoms. The van der Waals surface area contributed by atoms with Gasteiger partial charge in [-0.3, -0.25) is 0 Å². The summed E-state index contributed by atoms with van der Waals surface area (Å²) in [6.45, 7) is 0.0577. The van der Waals surface area contributed by atoms with Gasteiger partial charge in [-0.15, -0.1) is 0 Å². The van der Waals surface area contributed by atoms with Crippen LogP contribution < -0.4 is 10.2 Å². The molecule has 0 heterocycles. The summed E-state index contributed by atoms with van der Waals surface area (Å²) in [5.74, 6) is -1.43. The summed E-state index contributed by atoms with van der Waals surface area (Å²) in [6.07, 6.45) is 0. The number of hydrogen-bond donors (Lipinski definition) is 2. The predicted molar refractivity (Wildman–Crippen MR) is 67.0 cm³/mol. The Bertz CT molecular complexity index is 576. The van der Waals surface area contributed by atoms with Crippen LogP contribution >= 0.6 is 0 Å². The molecule has 0 saturated heterocycles. The van der Waals surface area contributed by atoms with E-state index in [1.807, 2.05) is 0 Å². The molecule has 2 aromatic rings. The maximum absolute atomic E-state index is 13.0. The lowest BCUT2D eigenvalue weighted by atomic mass is 9.80. The van der Waals surface area contributed by atoms with Crippen molar-refractivity contribution in [2.45, 2.75) is 6.61 Å². The van der Waals surface area contributed by atoms with Crippen LogP contribution in [0.1, 0.15) is 5.56 Å². The SMILES string of the molecule is OB(O)c1cccc(OCc2ccc(F)c(F)c2)c1. The number of hydrogen-bond acceptors (Lipinski definition) is 3. The molecule has 0 aliphatic heterocycles. The van der Waals surface area contributed by atoms with Gasteiger partial charge in [0, 0.05) is 0 Å². The maximum atomic E-state index is 13.0. The molecule has 0 aliphatic rings. The molecule has 3 nitrogen and oxygen atoms in total. The van der Waals surface area contributed by atoms with Crippen LogP contribution in [0.5, 0.6) is 5.75 Å². The largest absolute Gasteiger partial charge is 0.489 e. The van der Waals surface area contributed by atoms with E-state index in [4.69, 9.17) is 14.8 Å². The van der Waals surface area contributed by atoms with Gasteiger partial charge in [-0.25, -0.2) is 8.78 Å². The molecule has 19 heavy (non-hydrogen) atoms. The highest BCUT2D eigenvalue weighted by Crippen LogP contribution is 2.13. The normalized spacial score (nSPS) is 10.3. The van der Waals surface area contributed by atoms with E-state index in [1.54, 1.807) is 12.1 Å². The monoisotopic (exact) mass is 264 g/mol. The molecule has 0 fully saturated rings. The first kappa shape index (κ1) is 13.5. The number of halogens is 2. The third-order valence-electron chi connectivity index (χ3n) is 2.55. The Hall–Kier alpha value is -1.92. The lowest BCUT2D eigenvalue weighted by molar-refractivity contribution is 0.305. The minimum Gasteiger partial charge on any atom is -0.489 e. The molecule has 0 radical (unpaired) electrons. The van der Waals surface area contributed by atoms with Crippen molar-refractivity contribution in [1.29, 1.82) is 0 Å². The molecule has 98 valence electrons. The van der Waals surface area contributed by atoms with Gasteiger partial charge in [0.25, 0.3) is 0 Å². The zero-order valence-corrected chi connectivity index (χ0v) is 9.88. The third kappa shape index (κ3) is 3.53. The molecular formula is C13H11BF2O3. The Morgan fingerprint density at radius 2 is 1.79 bits per heavy atom. The zero-order valence-electron chi connectivity index (χ0n) is 9.88. The van der Waals surface area contributed by atoms with Crippen LogP contribution in [0.15, 0.2) is 42.5 Å². The minimum absolute atomic E-state index is 0.0577. The fourth-order valence-corrected chi connectivity index (χ4v) is 1.56. The van der Waals surface area contributed by atoms with Crippen molar-refractivity contribution < 1.29 is 23.6 Å². The molecule has 2 aromatic carbocycles. The quantitative estimate of drug-likeness (QED) is 0.816. The number of ether oxygens (including phenoxy) is 1. The second-order valence-corrected chi connectivity index (χ2v) is 3.98. The van der Waals surface area contributed by atoms with E-state index in [2.05, 4.69) is 0 Å². The number of benzene rings is 2. The Morgan fingerprint density at radius 1 is 1.00 bits per heavy atom. The summed E-state index contributed by atoms with van der Waals surface area (Å²) in [7, 11) is -1.58. The number of rotatable bonds is 4. The minimum atomic E-state index is -1.58. The van der Waals surface area contributed by atoms with Gasteiger partial charge in [-0.1, -0.05) is 18.2 Å². The van der Waals surface area contributed by atoms with Gasteiger partial charge in [-0.2, -0.15) is 0 Å². The van der Waals surface area contributed by atoms with Gasteiger partial charge >= 0.3 is 7.12 Å². The van der Waals surface area contributed by atoms with Crippen LogP contribution in [0.3, 0.4) is 0 Å². The lowest BCUT2D eigenvalue weighted by Gasteiger charge is -2.08. The molecule has 0 unspecified atom stereocenters. The smallest absolute Gasteiger partial charge is 0.488 e. The van der Waals surface area contributed by atoms with E-state index >= 15 is 0 Å². The van der Waals surface area contributed by atoms with Gasteiger partial charge in [0.15, 0.2) is 11.6 Å². The van der Waals surface area contributed by atoms with Crippen molar-refractivity contribution in [3.63, 3.8) is 0 Å². The van der Waals surface area contributed by atoms with E-state index in [-0.39, 0.29) is 6.61 Å². The Labute approximate surface area is 109 Å². The van der Waals surface area contributed by atoms with Crippen LogP contribution in [0.2, 0.25) is 0 Å². The molecule has 0 bridgehead atoms. The van der Waals surface area contributed by atoms with E-state index in [0.717, 1.165) is 12.1 Å². The third-order valence-corrected chi connectivity index (χ3v) is 2.55. The molecule has 0 atom stereocenters. The average Bonchev–Trinajstić information content (AvgIpc) is 2.40. The van der Waals surface area contributed by atoms with Gasteiger partial charge in [0.05, 0.1) is 0 Å². The fourth-order valence-electron chi connectivity index (χ4n) is 1.56. The molecule has 0 amide bonds. The molecular weight excluding hydrogens is 253 g/mol. The molecule has 0 spiro atoms. The van der Waals surface area contributed by atoms with Crippen molar-refractivity contribution in [3.8, 4) is 5.75 Å². The standard InChI is InChI=1S/C13H11BF2O3/c15-12-5-4-9(6-13(12)16)8-19-11-3-1-2-10(7-11)14(17)18/h1-7,17-18H,8H2. The van der Waals surface area contributed by atoms with Crippen molar-refractivity contribution in [3.05, 3.63) is 59.7 Å². The van der Waals surface area contributed by atoms with Crippen molar-refractivity contribution >= 4 is 12.6 Å². The highest BCUT2D eigenvalue weighted by molar-refractivity contribution is 6.58. The van der Waals surface area contributed by atoms with Crippen molar-refractivity contribution in [1.82, 2.24) is 0 Å². The molecule has 0 aliphatic carbocycles. The van der Waals surface area contributed by atoms with Crippen LogP contribution in [0.4, 0.5) is 8.78 Å². The van der Waals surface area contributed by atoms with Crippen LogP contribution in [-0.2, 0) is 6.61 Å². The van der Waals surface area contributed by atoms with Gasteiger partial charge < -0.3 is 14.8 Å². The van der Waals surface area contributed by atoms with E-state index in [9.17, 15) is 8.78 Å². The van der Waals surface area contributed by atoms with E-state index in [1.165, 1.54) is 18.2 Å². The summed E-state index contributed by atoms with van der Waals surface area (Å²) in [5, 5.41) is 18.0. The fraction of sp³-hybridized carbons (Fsp3) is 0.0769. The Balaban J connectivity index is 2.05. The van der Waals surface area contributed by atoms with Crippen molar-refractivity contribution in [2.24, 2.45) is 0 Å². The zero-order chi connectivity index (χ0) is 13.8. The second kappa shape index (κ2) is 5.82. The maximum Gasteiger partial charge on any atom is 0.488 e. The highest BCUT2D eigenvalue weighted by Gasteiger charge is 2.11. The Morgan fingerprint density at radius 3 is 2.47 bits per heavy atom. The van der Waals surface area contributed by atoms with Crippen LogP contribution in [0, 0.1) is 11.6 Å². The van der Waals surface area contributed by atoms with Crippen LogP contribution in [0.25, 0.3) is 0 Å². The Kier molecular flexibility index (Phi) is 4.14. The molecule has 0 saturated carbocycles. The summed E-state index contributed by atoms with van der Waals surface area (Å²) in [5.41, 5.74) is 0.775. The van der Waals surface area contributed by atoms with Gasteiger partial charge in [-0.05, 0) is 35.3 Å². The lowest BCUT2D eigenvalue weighted by Crippen LogP contribution is -2.29. The van der Waals surface area contributed by atoms with Gasteiger partial charge in [0.2, 0.25) is 0 Å². The molecule has 2 rings (SSSR count).